The third-order valence-electron chi connectivity index (χ3n) is 2.68. The SMILES string of the molecule is COc1cc(OC)c([N+](=O)[O-])c(C(C)(C)C=O)c1. The predicted molar refractivity (Wildman–Crippen MR) is 65.3 cm³/mol. The van der Waals surface area contributed by atoms with Gasteiger partial charge in [0.05, 0.1) is 30.1 Å². The Morgan fingerprint density at radius 3 is 2.28 bits per heavy atom. The van der Waals surface area contributed by atoms with Gasteiger partial charge < -0.3 is 14.3 Å². The number of nitrogens with zero attached hydrogens (tertiary/aromatic N) is 1. The topological polar surface area (TPSA) is 78.7 Å². The van der Waals surface area contributed by atoms with E-state index in [0.29, 0.717) is 12.0 Å². The number of hydrogen-bond acceptors (Lipinski definition) is 5. The number of rotatable bonds is 5. The maximum atomic E-state index is 11.1. The molecule has 98 valence electrons. The van der Waals surface area contributed by atoms with Crippen LogP contribution in [0.4, 0.5) is 5.69 Å². The van der Waals surface area contributed by atoms with Crippen molar-refractivity contribution in [3.63, 3.8) is 0 Å². The molecule has 0 saturated carbocycles. The van der Waals surface area contributed by atoms with Crippen LogP contribution in [0.1, 0.15) is 19.4 Å². The number of hydrogen-bond donors (Lipinski definition) is 0. The summed E-state index contributed by atoms with van der Waals surface area (Å²) in [6, 6.07) is 2.90. The van der Waals surface area contributed by atoms with Crippen LogP contribution < -0.4 is 9.47 Å². The van der Waals surface area contributed by atoms with Crippen molar-refractivity contribution < 1.29 is 19.2 Å². The lowest BCUT2D eigenvalue weighted by Gasteiger charge is -2.19. The summed E-state index contributed by atoms with van der Waals surface area (Å²) in [6.45, 7) is 3.20. The highest BCUT2D eigenvalue weighted by Gasteiger charge is 2.33. The minimum Gasteiger partial charge on any atom is -0.497 e. The number of carbonyl (C=O) groups is 1. The molecule has 0 amide bonds. The number of nitro groups is 1. The molecule has 18 heavy (non-hydrogen) atoms. The molecule has 0 unspecified atom stereocenters. The van der Waals surface area contributed by atoms with Gasteiger partial charge in [-0.2, -0.15) is 0 Å². The summed E-state index contributed by atoms with van der Waals surface area (Å²) in [5.41, 5.74) is -0.946. The second kappa shape index (κ2) is 5.03. The Bertz CT molecular complexity index is 482. The van der Waals surface area contributed by atoms with E-state index < -0.39 is 10.3 Å². The van der Waals surface area contributed by atoms with Crippen molar-refractivity contribution in [2.24, 2.45) is 0 Å². The van der Waals surface area contributed by atoms with Gasteiger partial charge in [0.1, 0.15) is 12.0 Å². The minimum atomic E-state index is -0.996. The Morgan fingerprint density at radius 2 is 1.89 bits per heavy atom. The molecule has 0 fully saturated rings. The molecule has 6 heteroatoms. The van der Waals surface area contributed by atoms with E-state index in [0.717, 1.165) is 0 Å². The highest BCUT2D eigenvalue weighted by atomic mass is 16.6. The zero-order valence-corrected chi connectivity index (χ0v) is 10.7. The Morgan fingerprint density at radius 1 is 1.28 bits per heavy atom. The van der Waals surface area contributed by atoms with Crippen LogP contribution in [0.15, 0.2) is 12.1 Å². The van der Waals surface area contributed by atoms with Crippen LogP contribution in [0.3, 0.4) is 0 Å². The largest absolute Gasteiger partial charge is 0.497 e. The molecule has 1 aromatic carbocycles. The highest BCUT2D eigenvalue weighted by Crippen LogP contribution is 2.40. The molecule has 0 aliphatic heterocycles. The van der Waals surface area contributed by atoms with E-state index in [2.05, 4.69) is 0 Å². The van der Waals surface area contributed by atoms with E-state index in [-0.39, 0.29) is 17.0 Å². The van der Waals surface area contributed by atoms with Crippen molar-refractivity contribution in [2.45, 2.75) is 19.3 Å². The Labute approximate surface area is 105 Å². The van der Waals surface area contributed by atoms with Gasteiger partial charge in [-0.25, -0.2) is 0 Å². The first-order chi connectivity index (χ1) is 8.37. The van der Waals surface area contributed by atoms with Gasteiger partial charge >= 0.3 is 5.69 Å². The summed E-state index contributed by atoms with van der Waals surface area (Å²) in [6.07, 6.45) is 0.661. The molecule has 1 aromatic rings. The predicted octanol–water partition coefficient (Wildman–Crippen LogP) is 2.09. The van der Waals surface area contributed by atoms with Crippen molar-refractivity contribution in [1.29, 1.82) is 0 Å². The number of benzene rings is 1. The fourth-order valence-electron chi connectivity index (χ4n) is 1.60. The van der Waals surface area contributed by atoms with Gasteiger partial charge in [-0.3, -0.25) is 10.1 Å². The molecule has 0 heterocycles. The van der Waals surface area contributed by atoms with E-state index in [4.69, 9.17) is 9.47 Å². The molecule has 0 saturated heterocycles. The lowest BCUT2D eigenvalue weighted by atomic mass is 9.84. The van der Waals surface area contributed by atoms with Gasteiger partial charge in [0.15, 0.2) is 0 Å². The molecule has 0 N–H and O–H groups in total. The summed E-state index contributed by atoms with van der Waals surface area (Å²) in [5, 5.41) is 11.1. The fraction of sp³-hybridized carbons (Fsp3) is 0.417. The second-order valence-electron chi connectivity index (χ2n) is 4.32. The maximum Gasteiger partial charge on any atom is 0.315 e. The van der Waals surface area contributed by atoms with Crippen molar-refractivity contribution in [3.8, 4) is 11.5 Å². The van der Waals surface area contributed by atoms with Crippen LogP contribution in [0, 0.1) is 10.1 Å². The maximum absolute atomic E-state index is 11.1. The van der Waals surface area contributed by atoms with Crippen LogP contribution in [0.25, 0.3) is 0 Å². The Balaban J connectivity index is 3.64. The third-order valence-corrected chi connectivity index (χ3v) is 2.68. The molecular formula is C12H15NO5. The molecule has 6 nitrogen and oxygen atoms in total. The molecule has 0 aliphatic carbocycles. The fourth-order valence-corrected chi connectivity index (χ4v) is 1.60. The smallest absolute Gasteiger partial charge is 0.315 e. The van der Waals surface area contributed by atoms with Crippen LogP contribution in [0.5, 0.6) is 11.5 Å². The van der Waals surface area contributed by atoms with Crippen molar-refractivity contribution in [1.82, 2.24) is 0 Å². The number of carbonyl (C=O) groups excluding carboxylic acids is 1. The molecular weight excluding hydrogens is 238 g/mol. The number of nitro benzene ring substituents is 1. The van der Waals surface area contributed by atoms with Crippen LogP contribution >= 0.6 is 0 Å². The summed E-state index contributed by atoms with van der Waals surface area (Å²) < 4.78 is 10.0. The monoisotopic (exact) mass is 253 g/mol. The number of aldehydes is 1. The summed E-state index contributed by atoms with van der Waals surface area (Å²) in [4.78, 5) is 21.7. The first-order valence-electron chi connectivity index (χ1n) is 5.24. The van der Waals surface area contributed by atoms with Gasteiger partial charge in [-0.15, -0.1) is 0 Å². The van der Waals surface area contributed by atoms with Crippen molar-refractivity contribution in [2.75, 3.05) is 14.2 Å². The first kappa shape index (κ1) is 14.0. The first-order valence-corrected chi connectivity index (χ1v) is 5.24. The summed E-state index contributed by atoms with van der Waals surface area (Å²) in [5.74, 6) is 0.478. The average Bonchev–Trinajstić information content (AvgIpc) is 2.36. The number of methoxy groups -OCH3 is 2. The van der Waals surface area contributed by atoms with Gasteiger partial charge in [0, 0.05) is 6.07 Å². The Hall–Kier alpha value is -2.11. The number of ether oxygens (including phenoxy) is 2. The average molecular weight is 253 g/mol. The van der Waals surface area contributed by atoms with Gasteiger partial charge in [0.25, 0.3) is 0 Å². The lowest BCUT2D eigenvalue weighted by Crippen LogP contribution is -2.21. The van der Waals surface area contributed by atoms with E-state index in [9.17, 15) is 14.9 Å². The molecule has 0 aliphatic rings. The molecule has 0 bridgehead atoms. The van der Waals surface area contributed by atoms with E-state index >= 15 is 0 Å². The van der Waals surface area contributed by atoms with Crippen LogP contribution in [-0.2, 0) is 10.2 Å². The lowest BCUT2D eigenvalue weighted by molar-refractivity contribution is -0.386. The molecule has 0 spiro atoms. The van der Waals surface area contributed by atoms with Crippen LogP contribution in [-0.4, -0.2) is 25.4 Å². The van der Waals surface area contributed by atoms with Gasteiger partial charge in [0.2, 0.25) is 5.75 Å². The highest BCUT2D eigenvalue weighted by molar-refractivity contribution is 5.73. The third kappa shape index (κ3) is 2.42. The van der Waals surface area contributed by atoms with Crippen LogP contribution in [0.2, 0.25) is 0 Å². The summed E-state index contributed by atoms with van der Waals surface area (Å²) in [7, 11) is 2.78. The molecule has 1 rings (SSSR count). The Kier molecular flexibility index (Phi) is 3.90. The van der Waals surface area contributed by atoms with Crippen molar-refractivity contribution >= 4 is 12.0 Å². The molecule has 0 radical (unpaired) electrons. The van der Waals surface area contributed by atoms with Gasteiger partial charge in [-0.05, 0) is 19.9 Å². The zero-order chi connectivity index (χ0) is 13.9. The van der Waals surface area contributed by atoms with E-state index in [1.54, 1.807) is 13.8 Å². The van der Waals surface area contributed by atoms with Gasteiger partial charge in [-0.1, -0.05) is 0 Å². The molecule has 0 atom stereocenters. The van der Waals surface area contributed by atoms with E-state index in [1.165, 1.54) is 26.4 Å². The normalized spacial score (nSPS) is 10.9. The second-order valence-corrected chi connectivity index (χ2v) is 4.32. The summed E-state index contributed by atoms with van der Waals surface area (Å²) >= 11 is 0. The quantitative estimate of drug-likeness (QED) is 0.456. The van der Waals surface area contributed by atoms with Crippen molar-refractivity contribution in [3.05, 3.63) is 27.8 Å². The molecule has 0 aromatic heterocycles. The minimum absolute atomic E-state index is 0.0734. The zero-order valence-electron chi connectivity index (χ0n) is 10.7. The van der Waals surface area contributed by atoms with E-state index in [1.807, 2.05) is 0 Å². The standard InChI is InChI=1S/C12H15NO5/c1-12(2,7-14)9-5-8(17-3)6-10(18-4)11(9)13(15)16/h5-7H,1-4H3.